The monoisotopic (exact) mass is 430 g/mol. The third-order valence-corrected chi connectivity index (χ3v) is 4.68. The summed E-state index contributed by atoms with van der Waals surface area (Å²) in [5.74, 6) is -0.608. The molecule has 0 aliphatic carbocycles. The molecule has 0 aliphatic heterocycles. The Hall–Kier alpha value is -2.60. The first-order valence-corrected chi connectivity index (χ1v) is 11.2. The summed E-state index contributed by atoms with van der Waals surface area (Å²) in [5.41, 5.74) is 1.80. The molecule has 1 N–H and O–H groups in total. The minimum Gasteiger partial charge on any atom is -0.462 e. The van der Waals surface area contributed by atoms with Gasteiger partial charge in [0.15, 0.2) is 0 Å². The number of benzene rings is 1. The second-order valence-electron chi connectivity index (χ2n) is 7.19. The van der Waals surface area contributed by atoms with Crippen molar-refractivity contribution in [2.45, 2.75) is 52.4 Å². The minimum atomic E-state index is -0.433. The largest absolute Gasteiger partial charge is 0.462 e. The van der Waals surface area contributed by atoms with E-state index in [-0.39, 0.29) is 19.1 Å². The smallest absolute Gasteiger partial charge is 0.340 e. The number of carbonyl (C=O) groups is 2. The highest BCUT2D eigenvalue weighted by molar-refractivity contribution is 6.03. The van der Waals surface area contributed by atoms with E-state index in [0.29, 0.717) is 30.8 Å². The summed E-state index contributed by atoms with van der Waals surface area (Å²) in [7, 11) is 0. The zero-order valence-electron chi connectivity index (χ0n) is 19.2. The van der Waals surface area contributed by atoms with Crippen LogP contribution in [0.15, 0.2) is 43.5 Å². The van der Waals surface area contributed by atoms with E-state index < -0.39 is 5.97 Å². The number of nitrogens with zero attached hydrogens (tertiary/aromatic N) is 1. The van der Waals surface area contributed by atoms with E-state index in [1.807, 2.05) is 18.2 Å². The lowest BCUT2D eigenvalue weighted by Crippen LogP contribution is -2.36. The Morgan fingerprint density at radius 1 is 1.10 bits per heavy atom. The number of nitrogens with one attached hydrogen (secondary N) is 1. The maximum Gasteiger partial charge on any atom is 0.340 e. The van der Waals surface area contributed by atoms with E-state index in [0.717, 1.165) is 44.3 Å². The molecular weight excluding hydrogens is 392 g/mol. The van der Waals surface area contributed by atoms with Crippen LogP contribution >= 0.6 is 0 Å². The molecule has 1 rings (SSSR count). The van der Waals surface area contributed by atoms with Crippen LogP contribution < -0.4 is 10.2 Å². The molecule has 0 atom stereocenters. The predicted molar refractivity (Wildman–Crippen MR) is 128 cm³/mol. The number of anilines is 2. The molecule has 0 unspecified atom stereocenters. The van der Waals surface area contributed by atoms with Crippen molar-refractivity contribution in [1.29, 1.82) is 0 Å². The number of ether oxygens (including phenoxy) is 2. The van der Waals surface area contributed by atoms with Crippen molar-refractivity contribution in [3.05, 3.63) is 49.1 Å². The summed E-state index contributed by atoms with van der Waals surface area (Å²) in [6, 6.07) is 5.44. The molecule has 172 valence electrons. The van der Waals surface area contributed by atoms with Crippen molar-refractivity contribution in [2.75, 3.05) is 43.1 Å². The number of hydrogen-bond acceptors (Lipinski definition) is 5. The summed E-state index contributed by atoms with van der Waals surface area (Å²) < 4.78 is 10.7. The lowest BCUT2D eigenvalue weighted by Gasteiger charge is -2.25. The van der Waals surface area contributed by atoms with Gasteiger partial charge in [0.1, 0.15) is 6.61 Å². The van der Waals surface area contributed by atoms with Crippen molar-refractivity contribution >= 4 is 23.3 Å². The van der Waals surface area contributed by atoms with Gasteiger partial charge < -0.3 is 19.7 Å². The second kappa shape index (κ2) is 16.1. The van der Waals surface area contributed by atoms with E-state index in [1.165, 1.54) is 0 Å². The third-order valence-electron chi connectivity index (χ3n) is 4.68. The van der Waals surface area contributed by atoms with Gasteiger partial charge in [-0.15, -0.1) is 13.2 Å². The maximum absolute atomic E-state index is 13.0. The predicted octanol–water partition coefficient (Wildman–Crippen LogP) is 5.36. The first kappa shape index (κ1) is 26.4. The molecule has 0 aliphatic rings. The molecule has 0 radical (unpaired) electrons. The van der Waals surface area contributed by atoms with Gasteiger partial charge in [0.05, 0.1) is 24.5 Å². The lowest BCUT2D eigenvalue weighted by molar-refractivity contribution is -0.123. The summed E-state index contributed by atoms with van der Waals surface area (Å²) >= 11 is 0. The number of unbranched alkanes of at least 4 members (excludes halogenated alkanes) is 3. The Kier molecular flexibility index (Phi) is 13.8. The zero-order valence-corrected chi connectivity index (χ0v) is 19.2. The van der Waals surface area contributed by atoms with Gasteiger partial charge in [0, 0.05) is 18.8 Å². The fraction of sp³-hybridized carbons (Fsp3) is 0.520. The van der Waals surface area contributed by atoms with Crippen molar-refractivity contribution < 1.29 is 19.1 Å². The molecule has 1 aromatic carbocycles. The second-order valence-corrected chi connectivity index (χ2v) is 7.19. The quantitative estimate of drug-likeness (QED) is 0.205. The van der Waals surface area contributed by atoms with E-state index in [9.17, 15) is 9.59 Å². The van der Waals surface area contributed by atoms with Crippen LogP contribution in [0.4, 0.5) is 11.4 Å². The van der Waals surface area contributed by atoms with Crippen LogP contribution in [-0.4, -0.2) is 44.8 Å². The van der Waals surface area contributed by atoms with Crippen LogP contribution in [0, 0.1) is 0 Å². The molecule has 0 bridgehead atoms. The van der Waals surface area contributed by atoms with Crippen LogP contribution in [0.3, 0.4) is 0 Å². The normalized spacial score (nSPS) is 10.4. The van der Waals surface area contributed by atoms with Gasteiger partial charge in [0.2, 0.25) is 0 Å². The fourth-order valence-corrected chi connectivity index (χ4v) is 2.99. The van der Waals surface area contributed by atoms with Crippen molar-refractivity contribution in [3.63, 3.8) is 0 Å². The van der Waals surface area contributed by atoms with Gasteiger partial charge in [-0.25, -0.2) is 4.79 Å². The van der Waals surface area contributed by atoms with Crippen LogP contribution in [0.25, 0.3) is 0 Å². The number of rotatable bonds is 17. The highest BCUT2D eigenvalue weighted by atomic mass is 16.5. The SMILES string of the molecule is C=CCCCCNc1ccc(C(=O)OCC)c(N(CCCC)C(=O)COCCC=C)c1. The average molecular weight is 431 g/mol. The molecule has 1 aromatic rings. The number of carbonyl (C=O) groups excluding carboxylic acids is 2. The maximum atomic E-state index is 13.0. The van der Waals surface area contributed by atoms with Gasteiger partial charge in [-0.1, -0.05) is 25.5 Å². The van der Waals surface area contributed by atoms with Gasteiger partial charge in [-0.05, 0) is 57.2 Å². The minimum absolute atomic E-state index is 0.0426. The zero-order chi connectivity index (χ0) is 22.9. The van der Waals surface area contributed by atoms with E-state index >= 15 is 0 Å². The Bertz CT molecular complexity index is 703. The molecule has 31 heavy (non-hydrogen) atoms. The van der Waals surface area contributed by atoms with Crippen LogP contribution in [0.5, 0.6) is 0 Å². The van der Waals surface area contributed by atoms with Crippen molar-refractivity contribution in [2.24, 2.45) is 0 Å². The number of hydrogen-bond donors (Lipinski definition) is 1. The molecule has 0 heterocycles. The van der Waals surface area contributed by atoms with Crippen molar-refractivity contribution in [1.82, 2.24) is 0 Å². The fourth-order valence-electron chi connectivity index (χ4n) is 2.99. The molecule has 0 aromatic heterocycles. The lowest BCUT2D eigenvalue weighted by atomic mass is 10.1. The summed E-state index contributed by atoms with van der Waals surface area (Å²) in [6.07, 6.45) is 9.16. The molecule has 0 fully saturated rings. The molecule has 6 heteroatoms. The van der Waals surface area contributed by atoms with Gasteiger partial charge >= 0.3 is 5.97 Å². The third kappa shape index (κ3) is 9.83. The number of amides is 1. The summed E-state index contributed by atoms with van der Waals surface area (Å²) in [6.45, 7) is 13.2. The summed E-state index contributed by atoms with van der Waals surface area (Å²) in [5, 5.41) is 3.39. The Morgan fingerprint density at radius 3 is 2.55 bits per heavy atom. The first-order valence-electron chi connectivity index (χ1n) is 11.2. The highest BCUT2D eigenvalue weighted by Gasteiger charge is 2.23. The van der Waals surface area contributed by atoms with Crippen LogP contribution in [0.2, 0.25) is 0 Å². The molecular formula is C25H38N2O4. The Balaban J connectivity index is 3.11. The first-order chi connectivity index (χ1) is 15.1. The molecule has 1 amide bonds. The molecule has 0 saturated carbocycles. The van der Waals surface area contributed by atoms with Crippen LogP contribution in [0.1, 0.15) is 62.7 Å². The standard InChI is InChI=1S/C25H38N2O4/c1-5-9-12-13-16-26-21-14-15-22(25(29)31-8-4)23(19-21)27(17-10-6-2)24(28)20-30-18-11-7-3/h5,7,14-15,19,26H,1,3,6,8-13,16-18,20H2,2,4H3. The average Bonchev–Trinajstić information content (AvgIpc) is 2.77. The van der Waals surface area contributed by atoms with Crippen LogP contribution in [-0.2, 0) is 14.3 Å². The number of esters is 1. The van der Waals surface area contributed by atoms with E-state index in [4.69, 9.17) is 9.47 Å². The van der Waals surface area contributed by atoms with Gasteiger partial charge in [-0.2, -0.15) is 0 Å². The Labute approximate surface area is 187 Å². The van der Waals surface area contributed by atoms with E-state index in [1.54, 1.807) is 24.0 Å². The molecule has 0 saturated heterocycles. The Morgan fingerprint density at radius 2 is 1.87 bits per heavy atom. The van der Waals surface area contributed by atoms with Gasteiger partial charge in [-0.3, -0.25) is 4.79 Å². The molecule has 0 spiro atoms. The summed E-state index contributed by atoms with van der Waals surface area (Å²) in [4.78, 5) is 27.2. The van der Waals surface area contributed by atoms with E-state index in [2.05, 4.69) is 25.4 Å². The van der Waals surface area contributed by atoms with Crippen molar-refractivity contribution in [3.8, 4) is 0 Å². The van der Waals surface area contributed by atoms with Gasteiger partial charge in [0.25, 0.3) is 5.91 Å². The number of allylic oxidation sites excluding steroid dienone is 1. The topological polar surface area (TPSA) is 67.9 Å². The highest BCUT2D eigenvalue weighted by Crippen LogP contribution is 2.27. The molecule has 6 nitrogen and oxygen atoms in total.